The number of anilines is 1. The number of ether oxygens (including phenoxy) is 1. The van der Waals surface area contributed by atoms with Gasteiger partial charge in [-0.15, -0.1) is 0 Å². The molecule has 0 bridgehead atoms. The molecule has 1 N–H and O–H groups in total. The van der Waals surface area contributed by atoms with Crippen molar-refractivity contribution in [3.63, 3.8) is 0 Å². The third kappa shape index (κ3) is 8.34. The maximum absolute atomic E-state index is 13.0. The molecule has 2 aliphatic carbocycles. The van der Waals surface area contributed by atoms with Crippen LogP contribution in [0.15, 0.2) is 82.3 Å². The van der Waals surface area contributed by atoms with Crippen LogP contribution < -0.4 is 15.0 Å². The summed E-state index contributed by atoms with van der Waals surface area (Å²) in [5.74, 6) is 0.953. The van der Waals surface area contributed by atoms with E-state index >= 15 is 0 Å². The molecule has 248 valence electrons. The normalized spacial score (nSPS) is 20.8. The molecule has 1 saturated heterocycles. The number of carbonyl (C=O) groups excluding carboxylic acids is 2. The van der Waals surface area contributed by atoms with Crippen LogP contribution in [0.4, 0.5) is 18.9 Å². The van der Waals surface area contributed by atoms with Crippen molar-refractivity contribution < 1.29 is 31.9 Å². The molecule has 0 unspecified atom stereocenters. The highest BCUT2D eigenvalue weighted by Crippen LogP contribution is 2.32. The summed E-state index contributed by atoms with van der Waals surface area (Å²) in [6.07, 6.45) is 10.9. The highest BCUT2D eigenvalue weighted by atomic mass is 19.4. The van der Waals surface area contributed by atoms with Gasteiger partial charge in [-0.1, -0.05) is 29.9 Å². The van der Waals surface area contributed by atoms with Crippen molar-refractivity contribution in [3.05, 3.63) is 89.4 Å². The molecular weight excluding hydrogens is 607 g/mol. The first kappa shape index (κ1) is 32.6. The van der Waals surface area contributed by atoms with Gasteiger partial charge in [-0.25, -0.2) is 4.98 Å². The molecule has 1 aliphatic heterocycles. The van der Waals surface area contributed by atoms with E-state index in [0.717, 1.165) is 61.9 Å². The number of fused-ring (bicyclic) bond motifs is 1. The number of oxazole rings is 1. The van der Waals surface area contributed by atoms with E-state index in [9.17, 15) is 22.8 Å². The van der Waals surface area contributed by atoms with Gasteiger partial charge in [0.05, 0.1) is 5.56 Å². The van der Waals surface area contributed by atoms with E-state index in [-0.39, 0.29) is 29.7 Å². The Morgan fingerprint density at radius 1 is 1.00 bits per heavy atom. The fraction of sp³-hybridized carbons (Fsp3) is 0.432. The molecule has 0 atom stereocenters. The molecule has 3 aromatic rings. The minimum atomic E-state index is -4.35. The Morgan fingerprint density at radius 2 is 1.74 bits per heavy atom. The molecule has 1 aromatic heterocycles. The van der Waals surface area contributed by atoms with Crippen molar-refractivity contribution >= 4 is 28.5 Å². The number of nitrogens with one attached hydrogen (secondary N) is 1. The van der Waals surface area contributed by atoms with Crippen LogP contribution in [-0.2, 0) is 11.0 Å². The maximum atomic E-state index is 13.0. The number of halogens is 3. The van der Waals surface area contributed by atoms with Crippen molar-refractivity contribution in [1.82, 2.24) is 10.3 Å². The summed E-state index contributed by atoms with van der Waals surface area (Å²) >= 11 is 0. The van der Waals surface area contributed by atoms with Crippen molar-refractivity contribution in [1.29, 1.82) is 0 Å². The van der Waals surface area contributed by atoms with Crippen LogP contribution in [0, 0.1) is 5.92 Å². The third-order valence-corrected chi connectivity index (χ3v) is 9.43. The van der Waals surface area contributed by atoms with Gasteiger partial charge in [0.2, 0.25) is 0 Å². The molecule has 47 heavy (non-hydrogen) atoms. The molecular formula is C37H40F3N3O4. The van der Waals surface area contributed by atoms with Crippen LogP contribution in [0.1, 0.15) is 81.0 Å². The number of allylic oxidation sites excluding steroid dienone is 6. The van der Waals surface area contributed by atoms with Gasteiger partial charge in [0.25, 0.3) is 5.89 Å². The van der Waals surface area contributed by atoms with Crippen LogP contribution in [0.5, 0.6) is 5.75 Å². The fourth-order valence-electron chi connectivity index (χ4n) is 6.60. The van der Waals surface area contributed by atoms with Crippen LogP contribution in [-0.4, -0.2) is 41.9 Å². The molecule has 2 heterocycles. The summed E-state index contributed by atoms with van der Waals surface area (Å²) in [7, 11) is 0. The lowest BCUT2D eigenvalue weighted by molar-refractivity contribution is -0.137. The number of piperidine rings is 1. The molecule has 1 saturated carbocycles. The highest BCUT2D eigenvalue weighted by Gasteiger charge is 2.31. The Balaban J connectivity index is 0.948. The molecule has 1 amide bonds. The van der Waals surface area contributed by atoms with Crippen LogP contribution >= 0.6 is 0 Å². The molecule has 6 rings (SSSR count). The third-order valence-electron chi connectivity index (χ3n) is 9.43. The van der Waals surface area contributed by atoms with E-state index in [1.807, 2.05) is 24.3 Å². The summed E-state index contributed by atoms with van der Waals surface area (Å²) in [4.78, 5) is 32.1. The van der Waals surface area contributed by atoms with Gasteiger partial charge in [0.1, 0.15) is 17.4 Å². The largest absolute Gasteiger partial charge is 0.490 e. The SMILES string of the molecule is CC1=CC=C(C(=O)CCC2CCC(NC(=O)c3nc4ccc(OC5CCN(c6ccc(C(F)(F)F)cc6)CC5)cc4o3)CC2)C=CC1. The lowest BCUT2D eigenvalue weighted by atomic mass is 9.82. The first-order valence-corrected chi connectivity index (χ1v) is 16.5. The predicted molar refractivity (Wildman–Crippen MR) is 174 cm³/mol. The smallest absolute Gasteiger partial charge is 0.416 e. The molecule has 0 radical (unpaired) electrons. The summed E-state index contributed by atoms with van der Waals surface area (Å²) < 4.78 is 50.7. The number of aromatic nitrogens is 1. The fourth-order valence-corrected chi connectivity index (χ4v) is 6.60. The minimum absolute atomic E-state index is 0.0173. The number of carbonyl (C=O) groups is 2. The second-order valence-electron chi connectivity index (χ2n) is 12.9. The zero-order chi connectivity index (χ0) is 33.0. The van der Waals surface area contributed by atoms with E-state index in [4.69, 9.17) is 9.15 Å². The number of amides is 1. The Morgan fingerprint density at radius 3 is 2.47 bits per heavy atom. The number of benzene rings is 2. The van der Waals surface area contributed by atoms with Crippen LogP contribution in [0.2, 0.25) is 0 Å². The zero-order valence-electron chi connectivity index (χ0n) is 26.5. The van der Waals surface area contributed by atoms with Crippen molar-refractivity contribution in [2.45, 2.75) is 83.0 Å². The predicted octanol–water partition coefficient (Wildman–Crippen LogP) is 8.36. The second kappa shape index (κ2) is 14.2. The van der Waals surface area contributed by atoms with Crippen molar-refractivity contribution in [2.75, 3.05) is 18.0 Å². The first-order valence-electron chi connectivity index (χ1n) is 16.5. The van der Waals surface area contributed by atoms with Gasteiger partial charge in [-0.2, -0.15) is 13.2 Å². The topological polar surface area (TPSA) is 84.7 Å². The Hall–Kier alpha value is -4.34. The molecule has 3 aliphatic rings. The van der Waals surface area contributed by atoms with Crippen molar-refractivity contribution in [3.8, 4) is 5.75 Å². The summed E-state index contributed by atoms with van der Waals surface area (Å²) in [5, 5.41) is 3.07. The highest BCUT2D eigenvalue weighted by molar-refractivity contribution is 5.98. The van der Waals surface area contributed by atoms with E-state index < -0.39 is 11.7 Å². The van der Waals surface area contributed by atoms with Crippen LogP contribution in [0.25, 0.3) is 11.1 Å². The summed E-state index contributed by atoms with van der Waals surface area (Å²) in [5.41, 5.74) is 3.16. The van der Waals surface area contributed by atoms with Crippen molar-refractivity contribution in [2.24, 2.45) is 5.92 Å². The molecule has 0 spiro atoms. The van der Waals surface area contributed by atoms with Crippen LogP contribution in [0.3, 0.4) is 0 Å². The Bertz CT molecular complexity index is 1670. The molecule has 2 fully saturated rings. The maximum Gasteiger partial charge on any atom is 0.416 e. The van der Waals surface area contributed by atoms with E-state index in [1.165, 1.54) is 17.7 Å². The summed E-state index contributed by atoms with van der Waals surface area (Å²) in [6.45, 7) is 3.39. The standard InChI is InChI=1S/C37H40F3N3O4/c1-24-3-2-4-26(9-5-24)33(44)18-8-25-6-12-28(13-7-25)41-35(45)36-42-32-17-16-31(23-34(32)47-36)46-30-19-21-43(22-20-30)29-14-10-27(11-15-29)37(38,39)40/h2,4-5,9-11,14-17,23,25,28,30H,3,6-8,12-13,18-22H2,1H3,(H,41,45). The van der Waals surface area contributed by atoms with Gasteiger partial charge in [0, 0.05) is 55.7 Å². The second-order valence-corrected chi connectivity index (χ2v) is 12.9. The van der Waals surface area contributed by atoms with Gasteiger partial charge in [-0.3, -0.25) is 9.59 Å². The minimum Gasteiger partial charge on any atom is -0.490 e. The zero-order valence-corrected chi connectivity index (χ0v) is 26.5. The molecule has 2 aromatic carbocycles. The number of hydrogen-bond acceptors (Lipinski definition) is 6. The van der Waals surface area contributed by atoms with Gasteiger partial charge < -0.3 is 19.4 Å². The quantitative estimate of drug-likeness (QED) is 0.251. The van der Waals surface area contributed by atoms with E-state index in [0.29, 0.717) is 55.1 Å². The van der Waals surface area contributed by atoms with Gasteiger partial charge in [-0.05, 0) is 87.8 Å². The molecule has 7 nitrogen and oxygen atoms in total. The van der Waals surface area contributed by atoms with E-state index in [1.54, 1.807) is 18.2 Å². The van der Waals surface area contributed by atoms with Gasteiger partial charge in [0.15, 0.2) is 11.4 Å². The van der Waals surface area contributed by atoms with Gasteiger partial charge >= 0.3 is 12.1 Å². The lowest BCUT2D eigenvalue weighted by Gasteiger charge is -2.33. The number of ketones is 1. The monoisotopic (exact) mass is 647 g/mol. The Labute approximate surface area is 272 Å². The number of rotatable bonds is 9. The number of alkyl halides is 3. The lowest BCUT2D eigenvalue weighted by Crippen LogP contribution is -2.38. The van der Waals surface area contributed by atoms with E-state index in [2.05, 4.69) is 22.1 Å². The number of hydrogen-bond donors (Lipinski definition) is 1. The summed E-state index contributed by atoms with van der Waals surface area (Å²) in [6, 6.07) is 10.6. The number of Topliss-reactive ketones (excluding diaryl/α,β-unsaturated/α-hetero) is 1. The average Bonchev–Trinajstić information content (AvgIpc) is 3.37. The molecule has 10 heteroatoms. The Kier molecular flexibility index (Phi) is 9.84. The first-order chi connectivity index (χ1) is 22.6. The number of nitrogens with zero attached hydrogens (tertiary/aromatic N) is 2. The average molecular weight is 648 g/mol.